The fourth-order valence-electron chi connectivity index (χ4n) is 4.27. The summed E-state index contributed by atoms with van der Waals surface area (Å²) in [5.74, 6) is -0.0432. The average Bonchev–Trinajstić information content (AvgIpc) is 3.16. The zero-order valence-electron chi connectivity index (χ0n) is 18.5. The number of piperidine rings is 1. The van der Waals surface area contributed by atoms with Crippen LogP contribution in [0.1, 0.15) is 47.9 Å². The second kappa shape index (κ2) is 10.1. The highest BCUT2D eigenvalue weighted by atomic mass is 16.5. The fraction of sp³-hybridized carbons (Fsp3) is 0.440. The maximum Gasteiger partial charge on any atom is 0.274 e. The van der Waals surface area contributed by atoms with Crippen LogP contribution in [0, 0.1) is 0 Å². The number of hydrogen-bond donors (Lipinski definition) is 0. The lowest BCUT2D eigenvalue weighted by molar-refractivity contribution is -0.00264. The first-order chi connectivity index (χ1) is 15.2. The van der Waals surface area contributed by atoms with Crippen LogP contribution < -0.4 is 0 Å². The highest BCUT2D eigenvalue weighted by Gasteiger charge is 2.26. The van der Waals surface area contributed by atoms with Gasteiger partial charge in [-0.3, -0.25) is 9.69 Å². The van der Waals surface area contributed by atoms with Crippen molar-refractivity contribution >= 4 is 11.6 Å². The summed E-state index contributed by atoms with van der Waals surface area (Å²) in [6.07, 6.45) is 5.53. The molecule has 0 aliphatic carbocycles. The molecule has 1 aliphatic heterocycles. The molecule has 0 radical (unpaired) electrons. The highest BCUT2D eigenvalue weighted by Crippen LogP contribution is 2.21. The van der Waals surface area contributed by atoms with Crippen LogP contribution in [0.25, 0.3) is 5.65 Å². The number of amides is 1. The molecule has 6 nitrogen and oxygen atoms in total. The van der Waals surface area contributed by atoms with Gasteiger partial charge in [0.25, 0.3) is 5.91 Å². The summed E-state index contributed by atoms with van der Waals surface area (Å²) in [6, 6.07) is 16.0. The number of hydrogen-bond acceptors (Lipinski definition) is 4. The summed E-state index contributed by atoms with van der Waals surface area (Å²) in [4.78, 5) is 22.3. The average molecular weight is 421 g/mol. The standard InChI is InChI=1S/C25H32N4O2/c1-3-16-31-21-12-9-14-28(18-21)19-22-24(26-23-13-7-8-15-29(22)23)25(30)27(2)17-20-10-5-4-6-11-20/h4-8,10-11,13,15,21H,3,9,12,14,16-19H2,1-2H3/t21-/m0/s1. The molecule has 1 saturated heterocycles. The van der Waals surface area contributed by atoms with Crippen molar-refractivity contribution in [2.45, 2.75) is 45.4 Å². The number of ether oxygens (including phenoxy) is 1. The van der Waals surface area contributed by atoms with Crippen molar-refractivity contribution in [3.8, 4) is 0 Å². The predicted octanol–water partition coefficient (Wildman–Crippen LogP) is 4.00. The Morgan fingerprint density at radius 3 is 2.81 bits per heavy atom. The van der Waals surface area contributed by atoms with E-state index in [4.69, 9.17) is 9.72 Å². The molecule has 1 aliphatic rings. The summed E-state index contributed by atoms with van der Waals surface area (Å²) in [5, 5.41) is 0. The molecule has 0 spiro atoms. The number of likely N-dealkylation sites (tertiary alicyclic amines) is 1. The zero-order chi connectivity index (χ0) is 21.6. The molecule has 0 N–H and O–H groups in total. The van der Waals surface area contributed by atoms with Gasteiger partial charge in [0.2, 0.25) is 0 Å². The molecular weight excluding hydrogens is 388 g/mol. The van der Waals surface area contributed by atoms with Gasteiger partial charge in [0.15, 0.2) is 5.69 Å². The fourth-order valence-corrected chi connectivity index (χ4v) is 4.27. The van der Waals surface area contributed by atoms with Crippen LogP contribution in [0.3, 0.4) is 0 Å². The minimum absolute atomic E-state index is 0.0432. The number of aromatic nitrogens is 2. The van der Waals surface area contributed by atoms with Gasteiger partial charge in [-0.2, -0.15) is 0 Å². The summed E-state index contributed by atoms with van der Waals surface area (Å²) in [7, 11) is 1.85. The van der Waals surface area contributed by atoms with E-state index in [1.807, 2.05) is 61.8 Å². The van der Waals surface area contributed by atoms with Crippen molar-refractivity contribution in [2.24, 2.45) is 0 Å². The third-order valence-corrected chi connectivity index (χ3v) is 5.83. The summed E-state index contributed by atoms with van der Waals surface area (Å²) in [5.41, 5.74) is 3.42. The SMILES string of the molecule is CCCO[C@H]1CCCN(Cc2c(C(=O)N(C)Cc3ccccc3)nc3ccccn23)C1. The predicted molar refractivity (Wildman–Crippen MR) is 122 cm³/mol. The number of fused-ring (bicyclic) bond motifs is 1. The van der Waals surface area contributed by atoms with Crippen molar-refractivity contribution in [2.75, 3.05) is 26.7 Å². The van der Waals surface area contributed by atoms with Gasteiger partial charge < -0.3 is 14.0 Å². The lowest BCUT2D eigenvalue weighted by Crippen LogP contribution is -2.40. The van der Waals surface area contributed by atoms with Crippen molar-refractivity contribution in [3.63, 3.8) is 0 Å². The van der Waals surface area contributed by atoms with Gasteiger partial charge in [-0.1, -0.05) is 43.3 Å². The van der Waals surface area contributed by atoms with Gasteiger partial charge in [0.05, 0.1) is 11.8 Å². The number of pyridine rings is 1. The highest BCUT2D eigenvalue weighted by molar-refractivity contribution is 5.94. The molecule has 6 heteroatoms. The maximum atomic E-state index is 13.4. The van der Waals surface area contributed by atoms with Crippen molar-refractivity contribution in [3.05, 3.63) is 71.7 Å². The Hall–Kier alpha value is -2.70. The Balaban J connectivity index is 1.56. The number of imidazole rings is 1. The summed E-state index contributed by atoms with van der Waals surface area (Å²) < 4.78 is 8.07. The van der Waals surface area contributed by atoms with Gasteiger partial charge >= 0.3 is 0 Å². The summed E-state index contributed by atoms with van der Waals surface area (Å²) >= 11 is 0. The van der Waals surface area contributed by atoms with Crippen LogP contribution in [-0.4, -0.2) is 57.9 Å². The number of nitrogens with zero attached hydrogens (tertiary/aromatic N) is 4. The van der Waals surface area contributed by atoms with Crippen LogP contribution in [0.2, 0.25) is 0 Å². The van der Waals surface area contributed by atoms with E-state index >= 15 is 0 Å². The van der Waals surface area contributed by atoms with E-state index in [0.717, 1.165) is 55.9 Å². The molecule has 0 saturated carbocycles. The molecule has 0 bridgehead atoms. The third kappa shape index (κ3) is 5.14. The first kappa shape index (κ1) is 21.5. The Kier molecular flexibility index (Phi) is 6.99. The molecule has 164 valence electrons. The van der Waals surface area contributed by atoms with Gasteiger partial charge in [-0.15, -0.1) is 0 Å². The molecule has 4 rings (SSSR count). The molecule has 1 amide bonds. The number of rotatable bonds is 8. The molecule has 2 aromatic heterocycles. The zero-order valence-corrected chi connectivity index (χ0v) is 18.5. The Labute approximate surface area is 184 Å². The van der Waals surface area contributed by atoms with Gasteiger partial charge in [0, 0.05) is 39.5 Å². The quantitative estimate of drug-likeness (QED) is 0.553. The molecule has 1 aromatic carbocycles. The minimum atomic E-state index is -0.0432. The second-order valence-electron chi connectivity index (χ2n) is 8.35. The smallest absolute Gasteiger partial charge is 0.274 e. The number of carbonyl (C=O) groups is 1. The molecule has 3 heterocycles. The molecular formula is C25H32N4O2. The van der Waals surface area contributed by atoms with Crippen molar-refractivity contribution in [1.82, 2.24) is 19.2 Å². The first-order valence-corrected chi connectivity index (χ1v) is 11.2. The largest absolute Gasteiger partial charge is 0.377 e. The van der Waals surface area contributed by atoms with Gasteiger partial charge in [-0.25, -0.2) is 4.98 Å². The second-order valence-corrected chi connectivity index (χ2v) is 8.35. The van der Waals surface area contributed by atoms with E-state index in [2.05, 4.69) is 16.2 Å². The van der Waals surface area contributed by atoms with Crippen LogP contribution in [0.15, 0.2) is 54.7 Å². The van der Waals surface area contributed by atoms with Crippen molar-refractivity contribution < 1.29 is 9.53 Å². The normalized spacial score (nSPS) is 17.2. The Morgan fingerprint density at radius 1 is 1.19 bits per heavy atom. The minimum Gasteiger partial charge on any atom is -0.377 e. The van der Waals surface area contributed by atoms with Gasteiger partial charge in [-0.05, 0) is 43.5 Å². The van der Waals surface area contributed by atoms with E-state index in [1.54, 1.807) is 4.90 Å². The lowest BCUT2D eigenvalue weighted by Gasteiger charge is -2.32. The van der Waals surface area contributed by atoms with E-state index in [9.17, 15) is 4.79 Å². The summed E-state index contributed by atoms with van der Waals surface area (Å²) in [6.45, 7) is 6.11. The maximum absolute atomic E-state index is 13.4. The topological polar surface area (TPSA) is 50.1 Å². The van der Waals surface area contributed by atoms with Gasteiger partial charge in [0.1, 0.15) is 5.65 Å². The van der Waals surface area contributed by atoms with E-state index < -0.39 is 0 Å². The Morgan fingerprint density at radius 2 is 2.00 bits per heavy atom. The molecule has 0 unspecified atom stereocenters. The Bertz CT molecular complexity index is 1000. The van der Waals surface area contributed by atoms with Crippen LogP contribution >= 0.6 is 0 Å². The molecule has 1 atom stereocenters. The number of benzene rings is 1. The molecule has 31 heavy (non-hydrogen) atoms. The lowest BCUT2D eigenvalue weighted by atomic mass is 10.1. The first-order valence-electron chi connectivity index (χ1n) is 11.2. The van der Waals surface area contributed by atoms with E-state index in [1.165, 1.54) is 0 Å². The monoisotopic (exact) mass is 420 g/mol. The molecule has 1 fully saturated rings. The third-order valence-electron chi connectivity index (χ3n) is 5.83. The number of carbonyl (C=O) groups excluding carboxylic acids is 1. The van der Waals surface area contributed by atoms with Crippen LogP contribution in [0.4, 0.5) is 0 Å². The van der Waals surface area contributed by atoms with Crippen LogP contribution in [0.5, 0.6) is 0 Å². The van der Waals surface area contributed by atoms with E-state index in [0.29, 0.717) is 18.8 Å². The van der Waals surface area contributed by atoms with Crippen LogP contribution in [-0.2, 0) is 17.8 Å². The molecule has 3 aromatic rings. The van der Waals surface area contributed by atoms with Crippen molar-refractivity contribution in [1.29, 1.82) is 0 Å². The van der Waals surface area contributed by atoms with E-state index in [-0.39, 0.29) is 12.0 Å².